The van der Waals surface area contributed by atoms with Gasteiger partial charge in [0, 0.05) is 24.1 Å². The molecule has 0 unspecified atom stereocenters. The first-order valence-electron chi connectivity index (χ1n) is 12.4. The molecule has 0 amide bonds. The average molecular weight is 485 g/mol. The number of benzene rings is 3. The van der Waals surface area contributed by atoms with E-state index in [9.17, 15) is 4.79 Å². The second-order valence-corrected chi connectivity index (χ2v) is 8.46. The highest BCUT2D eigenvalue weighted by molar-refractivity contribution is 5.76. The molecule has 0 aliphatic carbocycles. The van der Waals surface area contributed by atoms with Gasteiger partial charge in [-0.2, -0.15) is 5.10 Å². The van der Waals surface area contributed by atoms with Gasteiger partial charge in [-0.05, 0) is 68.1 Å². The summed E-state index contributed by atoms with van der Waals surface area (Å²) in [6.07, 6.45) is 1.36. The van der Waals surface area contributed by atoms with Crippen LogP contribution in [0.15, 0.2) is 78.9 Å². The molecule has 4 rings (SSSR count). The molecule has 4 aromatic rings. The third-order valence-corrected chi connectivity index (χ3v) is 5.95. The van der Waals surface area contributed by atoms with Gasteiger partial charge >= 0.3 is 5.97 Å². The highest BCUT2D eigenvalue weighted by Gasteiger charge is 2.18. The van der Waals surface area contributed by atoms with Gasteiger partial charge in [0.1, 0.15) is 11.5 Å². The second kappa shape index (κ2) is 12.1. The maximum Gasteiger partial charge on any atom is 0.303 e. The minimum atomic E-state index is -0.814. The minimum absolute atomic E-state index is 0.0753. The number of rotatable bonds is 12. The fourth-order valence-corrected chi connectivity index (χ4v) is 4.24. The Bertz CT molecular complexity index is 1300. The lowest BCUT2D eigenvalue weighted by Gasteiger charge is -2.12. The highest BCUT2D eigenvalue weighted by atomic mass is 16.5. The molecule has 1 aromatic heterocycles. The summed E-state index contributed by atoms with van der Waals surface area (Å²) < 4.78 is 13.9. The van der Waals surface area contributed by atoms with E-state index in [1.807, 2.05) is 73.1 Å². The molecule has 6 nitrogen and oxygen atoms in total. The van der Waals surface area contributed by atoms with Gasteiger partial charge in [0.15, 0.2) is 0 Å². The number of aliphatic carboxylic acids is 1. The molecular formula is C30H32N2O4. The van der Waals surface area contributed by atoms with E-state index in [1.165, 1.54) is 5.56 Å². The summed E-state index contributed by atoms with van der Waals surface area (Å²) in [6.45, 7) is 5.72. The van der Waals surface area contributed by atoms with Crippen molar-refractivity contribution in [1.29, 1.82) is 0 Å². The van der Waals surface area contributed by atoms with Gasteiger partial charge in [-0.3, -0.25) is 9.48 Å². The fourth-order valence-electron chi connectivity index (χ4n) is 4.24. The van der Waals surface area contributed by atoms with E-state index in [4.69, 9.17) is 19.7 Å². The first kappa shape index (κ1) is 25.0. The molecule has 0 fully saturated rings. The van der Waals surface area contributed by atoms with Crippen molar-refractivity contribution in [3.05, 3.63) is 90.0 Å². The fraction of sp³-hybridized carbons (Fsp3) is 0.267. The summed E-state index contributed by atoms with van der Waals surface area (Å²) in [7, 11) is 0. The Morgan fingerprint density at radius 1 is 0.806 bits per heavy atom. The van der Waals surface area contributed by atoms with Gasteiger partial charge in [0.25, 0.3) is 0 Å². The SMILES string of the molecule is CCOc1ccc(CCC(=O)O)cc1-c1cc(-c2ccccc2OCC)n(CCc2ccccc2)n1. The van der Waals surface area contributed by atoms with Crippen LogP contribution < -0.4 is 9.47 Å². The van der Waals surface area contributed by atoms with Crippen LogP contribution in [0.4, 0.5) is 0 Å². The molecule has 0 radical (unpaired) electrons. The van der Waals surface area contributed by atoms with E-state index in [0.29, 0.717) is 26.2 Å². The first-order valence-corrected chi connectivity index (χ1v) is 12.4. The van der Waals surface area contributed by atoms with Crippen molar-refractivity contribution in [2.75, 3.05) is 13.2 Å². The summed E-state index contributed by atoms with van der Waals surface area (Å²) in [5.74, 6) is 0.729. The molecule has 1 heterocycles. The van der Waals surface area contributed by atoms with E-state index in [-0.39, 0.29) is 6.42 Å². The van der Waals surface area contributed by atoms with Crippen molar-refractivity contribution in [1.82, 2.24) is 9.78 Å². The number of carboxylic acids is 1. The Morgan fingerprint density at radius 3 is 2.22 bits per heavy atom. The van der Waals surface area contributed by atoms with Crippen LogP contribution in [0.5, 0.6) is 11.5 Å². The molecule has 0 spiro atoms. The zero-order valence-corrected chi connectivity index (χ0v) is 20.8. The largest absolute Gasteiger partial charge is 0.493 e. The number of para-hydroxylation sites is 1. The molecule has 0 atom stereocenters. The molecule has 186 valence electrons. The van der Waals surface area contributed by atoms with Crippen molar-refractivity contribution in [2.45, 2.75) is 39.7 Å². The highest BCUT2D eigenvalue weighted by Crippen LogP contribution is 2.36. The number of hydrogen-bond donors (Lipinski definition) is 1. The summed E-state index contributed by atoms with van der Waals surface area (Å²) in [6, 6.07) is 26.3. The van der Waals surface area contributed by atoms with Gasteiger partial charge in [-0.1, -0.05) is 48.5 Å². The first-order chi connectivity index (χ1) is 17.6. The van der Waals surface area contributed by atoms with Gasteiger partial charge in [0.05, 0.1) is 24.6 Å². The van der Waals surface area contributed by atoms with Crippen LogP contribution >= 0.6 is 0 Å². The minimum Gasteiger partial charge on any atom is -0.493 e. The number of nitrogens with zero attached hydrogens (tertiary/aromatic N) is 2. The third kappa shape index (κ3) is 6.13. The van der Waals surface area contributed by atoms with E-state index in [0.717, 1.165) is 46.0 Å². The number of aryl methyl sites for hydroxylation is 3. The summed E-state index contributed by atoms with van der Waals surface area (Å²) in [4.78, 5) is 11.1. The molecule has 0 aliphatic rings. The second-order valence-electron chi connectivity index (χ2n) is 8.46. The Hall–Kier alpha value is -4.06. The Labute approximate surface area is 212 Å². The topological polar surface area (TPSA) is 73.6 Å². The van der Waals surface area contributed by atoms with E-state index in [2.05, 4.69) is 24.3 Å². The number of ether oxygens (including phenoxy) is 2. The van der Waals surface area contributed by atoms with E-state index >= 15 is 0 Å². The Kier molecular flexibility index (Phi) is 8.40. The smallest absolute Gasteiger partial charge is 0.303 e. The van der Waals surface area contributed by atoms with Crippen LogP contribution in [0.25, 0.3) is 22.5 Å². The molecule has 1 N–H and O–H groups in total. The molecule has 0 bridgehead atoms. The normalized spacial score (nSPS) is 10.8. The molecule has 0 saturated carbocycles. The Balaban J connectivity index is 1.78. The summed E-state index contributed by atoms with van der Waals surface area (Å²) >= 11 is 0. The van der Waals surface area contributed by atoms with Crippen LogP contribution in [0.3, 0.4) is 0 Å². The molecule has 6 heteroatoms. The number of carbonyl (C=O) groups is 1. The van der Waals surface area contributed by atoms with E-state index in [1.54, 1.807) is 0 Å². The maximum atomic E-state index is 11.1. The van der Waals surface area contributed by atoms with Crippen LogP contribution in [0, 0.1) is 0 Å². The molecular weight excluding hydrogens is 452 g/mol. The van der Waals surface area contributed by atoms with Crippen LogP contribution in [-0.4, -0.2) is 34.1 Å². The lowest BCUT2D eigenvalue weighted by atomic mass is 10.0. The zero-order chi connectivity index (χ0) is 25.3. The summed E-state index contributed by atoms with van der Waals surface area (Å²) in [5, 5.41) is 14.2. The van der Waals surface area contributed by atoms with Gasteiger partial charge < -0.3 is 14.6 Å². The van der Waals surface area contributed by atoms with Crippen LogP contribution in [-0.2, 0) is 24.2 Å². The van der Waals surface area contributed by atoms with Crippen molar-refractivity contribution in [3.8, 4) is 34.0 Å². The van der Waals surface area contributed by atoms with Crippen LogP contribution in [0.1, 0.15) is 31.4 Å². The molecule has 0 aliphatic heterocycles. The van der Waals surface area contributed by atoms with Gasteiger partial charge in [-0.15, -0.1) is 0 Å². The molecule has 36 heavy (non-hydrogen) atoms. The van der Waals surface area contributed by atoms with Gasteiger partial charge in [0.2, 0.25) is 0 Å². The average Bonchev–Trinajstić information content (AvgIpc) is 3.32. The monoisotopic (exact) mass is 484 g/mol. The van der Waals surface area contributed by atoms with Crippen molar-refractivity contribution in [3.63, 3.8) is 0 Å². The number of aromatic nitrogens is 2. The summed E-state index contributed by atoms with van der Waals surface area (Å²) in [5.41, 5.74) is 5.75. The van der Waals surface area contributed by atoms with Crippen LogP contribution in [0.2, 0.25) is 0 Å². The van der Waals surface area contributed by atoms with E-state index < -0.39 is 5.97 Å². The molecule has 3 aromatic carbocycles. The van der Waals surface area contributed by atoms with Crippen molar-refractivity contribution in [2.24, 2.45) is 0 Å². The lowest BCUT2D eigenvalue weighted by Crippen LogP contribution is -2.06. The number of hydrogen-bond acceptors (Lipinski definition) is 4. The quantitative estimate of drug-likeness (QED) is 0.256. The number of carboxylic acid groups (broad SMARTS) is 1. The lowest BCUT2D eigenvalue weighted by molar-refractivity contribution is -0.136. The standard InChI is InChI=1S/C30H32N2O4/c1-3-35-28-13-9-8-12-24(28)27-21-26(31-32(27)19-18-22-10-6-5-7-11-22)25-20-23(15-17-30(33)34)14-16-29(25)36-4-2/h5-14,16,20-21H,3-4,15,17-19H2,1-2H3,(H,33,34). The van der Waals surface area contributed by atoms with Crippen molar-refractivity contribution < 1.29 is 19.4 Å². The predicted molar refractivity (Wildman–Crippen MR) is 142 cm³/mol. The van der Waals surface area contributed by atoms with Crippen molar-refractivity contribution >= 4 is 5.97 Å². The maximum absolute atomic E-state index is 11.1. The zero-order valence-electron chi connectivity index (χ0n) is 20.8. The third-order valence-electron chi connectivity index (χ3n) is 5.95. The van der Waals surface area contributed by atoms with Gasteiger partial charge in [-0.25, -0.2) is 0 Å². The molecule has 0 saturated heterocycles. The predicted octanol–water partition coefficient (Wildman–Crippen LogP) is 6.27. The Morgan fingerprint density at radius 2 is 1.50 bits per heavy atom.